The van der Waals surface area contributed by atoms with E-state index in [1.54, 1.807) is 19.9 Å². The van der Waals surface area contributed by atoms with Gasteiger partial charge < -0.3 is 14.8 Å². The van der Waals surface area contributed by atoms with Gasteiger partial charge in [-0.25, -0.2) is 13.5 Å². The van der Waals surface area contributed by atoms with Crippen molar-refractivity contribution in [3.05, 3.63) is 69.5 Å². The van der Waals surface area contributed by atoms with E-state index in [0.29, 0.717) is 59.7 Å². The van der Waals surface area contributed by atoms with E-state index in [1.807, 2.05) is 6.07 Å². The van der Waals surface area contributed by atoms with E-state index in [0.717, 1.165) is 17.7 Å². The van der Waals surface area contributed by atoms with Crippen LogP contribution in [0, 0.1) is 25.5 Å². The first-order valence-corrected chi connectivity index (χ1v) is 10.1. The van der Waals surface area contributed by atoms with E-state index in [4.69, 9.17) is 21.1 Å². The second-order valence-corrected chi connectivity index (χ2v) is 7.57. The van der Waals surface area contributed by atoms with E-state index >= 15 is 0 Å². The lowest BCUT2D eigenvalue weighted by molar-refractivity contribution is 0.0953. The highest BCUT2D eigenvalue weighted by molar-refractivity contribution is 6.32. The smallest absolute Gasteiger partial charge is 0.255 e. The summed E-state index contributed by atoms with van der Waals surface area (Å²) in [6.45, 7) is 4.60. The van der Waals surface area contributed by atoms with Gasteiger partial charge in [0.1, 0.15) is 24.7 Å². The van der Waals surface area contributed by atoms with Crippen LogP contribution in [0.25, 0.3) is 5.69 Å². The monoisotopic (exact) mass is 447 g/mol. The van der Waals surface area contributed by atoms with Crippen LogP contribution in [0.15, 0.2) is 30.3 Å². The summed E-state index contributed by atoms with van der Waals surface area (Å²) >= 11 is 6.25. The molecule has 0 fully saturated rings. The van der Waals surface area contributed by atoms with Gasteiger partial charge in [0.05, 0.1) is 22.0 Å². The number of nitrogens with zero attached hydrogens (tertiary/aromatic N) is 2. The normalized spacial score (nSPS) is 12.7. The van der Waals surface area contributed by atoms with Gasteiger partial charge in [0.25, 0.3) is 5.91 Å². The maximum Gasteiger partial charge on any atom is 0.255 e. The summed E-state index contributed by atoms with van der Waals surface area (Å²) < 4.78 is 39.8. The van der Waals surface area contributed by atoms with E-state index in [-0.39, 0.29) is 11.6 Å². The molecule has 0 radical (unpaired) electrons. The van der Waals surface area contributed by atoms with Crippen molar-refractivity contribution in [1.82, 2.24) is 15.1 Å². The Balaban J connectivity index is 1.47. The molecule has 1 aromatic heterocycles. The number of carbonyl (C=O) groups is 1. The Morgan fingerprint density at radius 2 is 1.97 bits per heavy atom. The predicted molar refractivity (Wildman–Crippen MR) is 111 cm³/mol. The van der Waals surface area contributed by atoms with Crippen molar-refractivity contribution < 1.29 is 23.0 Å². The number of ether oxygens (including phenoxy) is 2. The summed E-state index contributed by atoms with van der Waals surface area (Å²) in [5.74, 6) is -0.637. The Kier molecular flexibility index (Phi) is 5.82. The molecule has 9 heteroatoms. The third kappa shape index (κ3) is 4.20. The molecule has 0 bridgehead atoms. The van der Waals surface area contributed by atoms with E-state index in [1.165, 1.54) is 10.7 Å². The maximum atomic E-state index is 14.2. The number of hydrogen-bond acceptors (Lipinski definition) is 4. The van der Waals surface area contributed by atoms with Crippen LogP contribution in [0.1, 0.15) is 27.3 Å². The Bertz CT molecular complexity index is 1160. The van der Waals surface area contributed by atoms with Crippen LogP contribution >= 0.6 is 11.6 Å². The number of amides is 1. The van der Waals surface area contributed by atoms with E-state index < -0.39 is 11.6 Å². The molecular formula is C22H20ClF2N3O3. The standard InChI is InChI=1S/C22H20ClF2N3O3/c1-12-20(13(2)28(27-12)18-4-3-15(24)11-17(18)25)22(29)26-6-5-14-9-16(23)21-19(10-14)30-7-8-31-21/h3-4,9-11H,5-8H2,1-2H3,(H,26,29). The van der Waals surface area contributed by atoms with Crippen molar-refractivity contribution in [3.8, 4) is 17.2 Å². The van der Waals surface area contributed by atoms with Crippen LogP contribution in [0.5, 0.6) is 11.5 Å². The molecule has 0 spiro atoms. The molecule has 1 aliphatic rings. The van der Waals surface area contributed by atoms with Gasteiger partial charge in [0, 0.05) is 12.6 Å². The first-order chi connectivity index (χ1) is 14.8. The summed E-state index contributed by atoms with van der Waals surface area (Å²) in [7, 11) is 0. The molecule has 1 amide bonds. The van der Waals surface area contributed by atoms with E-state index in [2.05, 4.69) is 10.4 Å². The number of aryl methyl sites for hydroxylation is 1. The van der Waals surface area contributed by atoms with Crippen molar-refractivity contribution in [2.75, 3.05) is 19.8 Å². The fourth-order valence-corrected chi connectivity index (χ4v) is 3.86. The Morgan fingerprint density at radius 1 is 1.19 bits per heavy atom. The zero-order chi connectivity index (χ0) is 22.1. The Morgan fingerprint density at radius 3 is 2.74 bits per heavy atom. The van der Waals surface area contributed by atoms with Gasteiger partial charge in [0.15, 0.2) is 17.3 Å². The van der Waals surface area contributed by atoms with Crippen LogP contribution in [0.2, 0.25) is 5.02 Å². The molecule has 2 heterocycles. The predicted octanol–water partition coefficient (Wildman–Crippen LogP) is 4.16. The third-order valence-corrected chi connectivity index (χ3v) is 5.29. The van der Waals surface area contributed by atoms with Crippen LogP contribution in [-0.4, -0.2) is 35.4 Å². The number of nitrogens with one attached hydrogen (secondary N) is 1. The minimum absolute atomic E-state index is 0.0759. The fourth-order valence-electron chi connectivity index (χ4n) is 3.58. The lowest BCUT2D eigenvalue weighted by atomic mass is 10.1. The number of rotatable bonds is 5. The lowest BCUT2D eigenvalue weighted by Crippen LogP contribution is -2.26. The molecular weight excluding hydrogens is 428 g/mol. The lowest BCUT2D eigenvalue weighted by Gasteiger charge is -2.20. The van der Waals surface area contributed by atoms with Crippen molar-refractivity contribution in [1.29, 1.82) is 0 Å². The number of hydrogen-bond donors (Lipinski definition) is 1. The average Bonchev–Trinajstić information content (AvgIpc) is 3.02. The molecule has 0 saturated heterocycles. The minimum atomic E-state index is -0.756. The fraction of sp³-hybridized carbons (Fsp3) is 0.273. The van der Waals surface area contributed by atoms with Gasteiger partial charge in [-0.2, -0.15) is 5.10 Å². The first kappa shape index (κ1) is 21.1. The number of carbonyl (C=O) groups excluding carboxylic acids is 1. The number of benzene rings is 2. The SMILES string of the molecule is Cc1nn(-c2ccc(F)cc2F)c(C)c1C(=O)NCCc1cc(Cl)c2c(c1)OCCO2. The van der Waals surface area contributed by atoms with Crippen LogP contribution < -0.4 is 14.8 Å². The summed E-state index contributed by atoms with van der Waals surface area (Å²) in [5.41, 5.74) is 2.23. The highest BCUT2D eigenvalue weighted by Crippen LogP contribution is 2.38. The zero-order valence-corrected chi connectivity index (χ0v) is 17.7. The summed E-state index contributed by atoms with van der Waals surface area (Å²) in [5, 5.41) is 7.59. The number of fused-ring (bicyclic) bond motifs is 1. The molecule has 1 aliphatic heterocycles. The number of aromatic nitrogens is 2. The summed E-state index contributed by atoms with van der Waals surface area (Å²) in [4.78, 5) is 12.8. The van der Waals surface area contributed by atoms with Crippen molar-refractivity contribution >= 4 is 17.5 Å². The highest BCUT2D eigenvalue weighted by atomic mass is 35.5. The topological polar surface area (TPSA) is 65.4 Å². The second kappa shape index (κ2) is 8.55. The van der Waals surface area contributed by atoms with Gasteiger partial charge in [-0.15, -0.1) is 0 Å². The van der Waals surface area contributed by atoms with Crippen molar-refractivity contribution in [3.63, 3.8) is 0 Å². The highest BCUT2D eigenvalue weighted by Gasteiger charge is 2.21. The van der Waals surface area contributed by atoms with Gasteiger partial charge >= 0.3 is 0 Å². The van der Waals surface area contributed by atoms with E-state index in [9.17, 15) is 13.6 Å². The van der Waals surface area contributed by atoms with Crippen LogP contribution in [-0.2, 0) is 6.42 Å². The molecule has 3 aromatic rings. The molecule has 2 aromatic carbocycles. The third-order valence-electron chi connectivity index (χ3n) is 5.01. The molecule has 6 nitrogen and oxygen atoms in total. The largest absolute Gasteiger partial charge is 0.486 e. The minimum Gasteiger partial charge on any atom is -0.486 e. The molecule has 0 atom stereocenters. The van der Waals surface area contributed by atoms with Crippen LogP contribution in [0.4, 0.5) is 8.78 Å². The number of halogens is 3. The van der Waals surface area contributed by atoms with Gasteiger partial charge in [0.2, 0.25) is 0 Å². The maximum absolute atomic E-state index is 14.2. The second-order valence-electron chi connectivity index (χ2n) is 7.16. The van der Waals surface area contributed by atoms with Crippen molar-refractivity contribution in [2.45, 2.75) is 20.3 Å². The quantitative estimate of drug-likeness (QED) is 0.637. The molecule has 0 aliphatic carbocycles. The summed E-state index contributed by atoms with van der Waals surface area (Å²) in [6, 6.07) is 6.85. The van der Waals surface area contributed by atoms with Gasteiger partial charge in [-0.3, -0.25) is 4.79 Å². The Labute approximate surface area is 182 Å². The van der Waals surface area contributed by atoms with Gasteiger partial charge in [-0.05, 0) is 50.1 Å². The average molecular weight is 448 g/mol. The zero-order valence-electron chi connectivity index (χ0n) is 17.0. The molecule has 0 unspecified atom stereocenters. The molecule has 0 saturated carbocycles. The van der Waals surface area contributed by atoms with Crippen molar-refractivity contribution in [2.24, 2.45) is 0 Å². The van der Waals surface area contributed by atoms with Gasteiger partial charge in [-0.1, -0.05) is 11.6 Å². The van der Waals surface area contributed by atoms with Crippen LogP contribution in [0.3, 0.4) is 0 Å². The molecule has 1 N–H and O–H groups in total. The molecule has 162 valence electrons. The molecule has 4 rings (SSSR count). The molecule has 31 heavy (non-hydrogen) atoms. The summed E-state index contributed by atoms with van der Waals surface area (Å²) in [6.07, 6.45) is 0.529. The Hall–Kier alpha value is -3.13. The first-order valence-electron chi connectivity index (χ1n) is 9.73.